The van der Waals surface area contributed by atoms with Gasteiger partial charge in [0.2, 0.25) is 0 Å². The summed E-state index contributed by atoms with van der Waals surface area (Å²) in [6, 6.07) is 8.28. The Morgan fingerprint density at radius 1 is 1.26 bits per heavy atom. The van der Waals surface area contributed by atoms with Crippen LogP contribution in [0.3, 0.4) is 0 Å². The van der Waals surface area contributed by atoms with Gasteiger partial charge < -0.3 is 9.88 Å². The Bertz CT molecular complexity index is 648. The van der Waals surface area contributed by atoms with Crippen molar-refractivity contribution in [1.82, 2.24) is 9.88 Å². The van der Waals surface area contributed by atoms with Gasteiger partial charge in [0.1, 0.15) is 9.84 Å². The summed E-state index contributed by atoms with van der Waals surface area (Å²) in [6.07, 6.45) is 1.26. The zero-order valence-electron chi connectivity index (χ0n) is 11.6. The molecule has 0 bridgehead atoms. The van der Waals surface area contributed by atoms with Crippen molar-refractivity contribution >= 4 is 20.7 Å². The Labute approximate surface area is 114 Å². The van der Waals surface area contributed by atoms with Crippen LogP contribution in [0.4, 0.5) is 0 Å². The number of aryl methyl sites for hydroxylation is 2. The van der Waals surface area contributed by atoms with Gasteiger partial charge in [-0.15, -0.1) is 0 Å². The van der Waals surface area contributed by atoms with E-state index in [1.807, 2.05) is 19.2 Å². The van der Waals surface area contributed by atoms with Crippen molar-refractivity contribution < 1.29 is 8.42 Å². The maximum atomic E-state index is 11.1. The second-order valence-corrected chi connectivity index (χ2v) is 7.21. The van der Waals surface area contributed by atoms with E-state index in [1.54, 1.807) is 0 Å². The first-order valence-electron chi connectivity index (χ1n) is 6.31. The summed E-state index contributed by atoms with van der Waals surface area (Å²) >= 11 is 0. The molecular weight excluding hydrogens is 260 g/mol. The molecule has 2 aromatic rings. The monoisotopic (exact) mass is 280 g/mol. The van der Waals surface area contributed by atoms with Crippen molar-refractivity contribution in [3.05, 3.63) is 35.5 Å². The van der Waals surface area contributed by atoms with Crippen LogP contribution in [0.5, 0.6) is 0 Å². The third-order valence-electron chi connectivity index (χ3n) is 3.45. The quantitative estimate of drug-likeness (QED) is 0.847. The van der Waals surface area contributed by atoms with Gasteiger partial charge >= 0.3 is 0 Å². The molecule has 0 saturated heterocycles. The number of hydrogen-bond acceptors (Lipinski definition) is 3. The predicted molar refractivity (Wildman–Crippen MR) is 79.1 cm³/mol. The predicted octanol–water partition coefficient (Wildman–Crippen LogP) is 1.62. The van der Waals surface area contributed by atoms with Crippen LogP contribution in [-0.4, -0.2) is 31.5 Å². The zero-order chi connectivity index (χ0) is 14.0. The van der Waals surface area contributed by atoms with Crippen molar-refractivity contribution in [3.63, 3.8) is 0 Å². The molecule has 0 unspecified atom stereocenters. The van der Waals surface area contributed by atoms with Crippen LogP contribution >= 0.6 is 0 Å². The number of aromatic nitrogens is 1. The van der Waals surface area contributed by atoms with Gasteiger partial charge in [-0.05, 0) is 18.6 Å². The van der Waals surface area contributed by atoms with Crippen LogP contribution in [0.15, 0.2) is 24.3 Å². The molecule has 1 aromatic heterocycles. The fourth-order valence-electron chi connectivity index (χ4n) is 2.35. The fraction of sp³-hybridized carbons (Fsp3) is 0.429. The van der Waals surface area contributed by atoms with Gasteiger partial charge in [0.05, 0.1) is 5.75 Å². The van der Waals surface area contributed by atoms with Crippen LogP contribution in [0.25, 0.3) is 10.9 Å². The molecule has 1 N–H and O–H groups in total. The van der Waals surface area contributed by atoms with Crippen molar-refractivity contribution in [2.45, 2.75) is 13.5 Å². The van der Waals surface area contributed by atoms with Crippen molar-refractivity contribution in [2.24, 2.45) is 7.05 Å². The van der Waals surface area contributed by atoms with E-state index in [4.69, 9.17) is 0 Å². The van der Waals surface area contributed by atoms with Crippen molar-refractivity contribution in [3.8, 4) is 0 Å². The maximum Gasteiger partial charge on any atom is 0.148 e. The summed E-state index contributed by atoms with van der Waals surface area (Å²) in [7, 11) is -0.848. The number of sulfone groups is 1. The molecule has 5 heteroatoms. The smallest absolute Gasteiger partial charge is 0.148 e. The number of fused-ring (bicyclic) bond motifs is 1. The van der Waals surface area contributed by atoms with Gasteiger partial charge in [-0.3, -0.25) is 0 Å². The molecule has 0 fully saturated rings. The molecule has 0 atom stereocenters. The lowest BCUT2D eigenvalue weighted by atomic mass is 10.1. The number of hydrogen-bond donors (Lipinski definition) is 1. The van der Waals surface area contributed by atoms with E-state index in [1.165, 1.54) is 28.4 Å². The van der Waals surface area contributed by atoms with Crippen molar-refractivity contribution in [2.75, 3.05) is 18.6 Å². The van der Waals surface area contributed by atoms with E-state index in [0.717, 1.165) is 0 Å². The number of rotatable bonds is 5. The Morgan fingerprint density at radius 3 is 2.58 bits per heavy atom. The first-order valence-corrected chi connectivity index (χ1v) is 8.37. The highest BCUT2D eigenvalue weighted by molar-refractivity contribution is 7.90. The topological polar surface area (TPSA) is 51.1 Å². The van der Waals surface area contributed by atoms with Gasteiger partial charge in [-0.2, -0.15) is 0 Å². The maximum absolute atomic E-state index is 11.1. The third-order valence-corrected chi connectivity index (χ3v) is 4.39. The lowest BCUT2D eigenvalue weighted by molar-refractivity contribution is 0.595. The lowest BCUT2D eigenvalue weighted by Crippen LogP contribution is -2.23. The molecule has 0 radical (unpaired) electrons. The van der Waals surface area contributed by atoms with Crippen LogP contribution in [0, 0.1) is 6.92 Å². The number of nitrogens with one attached hydrogen (secondary N) is 1. The van der Waals surface area contributed by atoms with E-state index < -0.39 is 9.84 Å². The van der Waals surface area contributed by atoms with Gasteiger partial charge in [-0.1, -0.05) is 18.2 Å². The summed E-state index contributed by atoms with van der Waals surface area (Å²) in [5.41, 5.74) is 3.67. The highest BCUT2D eigenvalue weighted by Crippen LogP contribution is 2.24. The molecule has 104 valence electrons. The number of para-hydroxylation sites is 1. The van der Waals surface area contributed by atoms with Crippen LogP contribution < -0.4 is 5.32 Å². The van der Waals surface area contributed by atoms with Gasteiger partial charge in [0.25, 0.3) is 0 Å². The van der Waals surface area contributed by atoms with Crippen LogP contribution in [0.1, 0.15) is 11.3 Å². The second-order valence-electron chi connectivity index (χ2n) is 4.95. The fourth-order valence-corrected chi connectivity index (χ4v) is 2.87. The molecule has 2 rings (SSSR count). The Hall–Kier alpha value is -1.33. The second kappa shape index (κ2) is 5.35. The largest absolute Gasteiger partial charge is 0.346 e. The van der Waals surface area contributed by atoms with E-state index in [2.05, 4.69) is 28.9 Å². The van der Waals surface area contributed by atoms with Gasteiger partial charge in [0.15, 0.2) is 0 Å². The van der Waals surface area contributed by atoms with Gasteiger partial charge in [0, 0.05) is 43.0 Å². The lowest BCUT2D eigenvalue weighted by Gasteiger charge is -2.07. The first-order chi connectivity index (χ1) is 8.90. The van der Waals surface area contributed by atoms with E-state index in [0.29, 0.717) is 13.1 Å². The molecule has 1 aromatic carbocycles. The Morgan fingerprint density at radius 2 is 1.95 bits per heavy atom. The molecule has 0 aliphatic heterocycles. The molecule has 0 saturated carbocycles. The number of benzene rings is 1. The highest BCUT2D eigenvalue weighted by Gasteiger charge is 2.10. The zero-order valence-corrected chi connectivity index (χ0v) is 12.4. The molecule has 4 nitrogen and oxygen atoms in total. The Balaban J connectivity index is 2.13. The minimum absolute atomic E-state index is 0.177. The molecule has 0 aliphatic rings. The Kier molecular flexibility index (Phi) is 3.96. The average Bonchev–Trinajstić information content (AvgIpc) is 2.58. The SMILES string of the molecule is Cc1c(CNCCS(C)(=O)=O)n(C)c2ccccc12. The normalized spacial score (nSPS) is 12.2. The third kappa shape index (κ3) is 3.16. The summed E-state index contributed by atoms with van der Waals surface area (Å²) in [6.45, 7) is 3.28. The molecule has 0 aliphatic carbocycles. The van der Waals surface area contributed by atoms with E-state index >= 15 is 0 Å². The minimum Gasteiger partial charge on any atom is -0.346 e. The highest BCUT2D eigenvalue weighted by atomic mass is 32.2. The average molecular weight is 280 g/mol. The molecular formula is C14H20N2O2S. The van der Waals surface area contributed by atoms with Gasteiger partial charge in [-0.25, -0.2) is 8.42 Å². The summed E-state index contributed by atoms with van der Waals surface area (Å²) in [5, 5.41) is 4.46. The molecule has 19 heavy (non-hydrogen) atoms. The summed E-state index contributed by atoms with van der Waals surface area (Å²) in [4.78, 5) is 0. The number of nitrogens with zero attached hydrogens (tertiary/aromatic N) is 1. The molecule has 1 heterocycles. The molecule has 0 spiro atoms. The standard InChI is InChI=1S/C14H20N2O2S/c1-11-12-6-4-5-7-13(12)16(2)14(11)10-15-8-9-19(3,17)18/h4-7,15H,8-10H2,1-3H3. The van der Waals surface area contributed by atoms with Crippen LogP contribution in [-0.2, 0) is 23.4 Å². The minimum atomic E-state index is -2.89. The van der Waals surface area contributed by atoms with E-state index in [9.17, 15) is 8.42 Å². The summed E-state index contributed by atoms with van der Waals surface area (Å²) in [5.74, 6) is 0.177. The summed E-state index contributed by atoms with van der Waals surface area (Å²) < 4.78 is 24.3. The first kappa shape index (κ1) is 14.1. The van der Waals surface area contributed by atoms with Crippen LogP contribution in [0.2, 0.25) is 0 Å². The van der Waals surface area contributed by atoms with Crippen molar-refractivity contribution in [1.29, 1.82) is 0 Å². The van der Waals surface area contributed by atoms with E-state index in [-0.39, 0.29) is 5.75 Å². The molecule has 0 amide bonds.